The summed E-state index contributed by atoms with van der Waals surface area (Å²) in [7, 11) is 3.29. The number of aryl methyl sites for hydroxylation is 1. The van der Waals surface area contributed by atoms with Gasteiger partial charge < -0.3 is 19.4 Å². The summed E-state index contributed by atoms with van der Waals surface area (Å²) in [5, 5.41) is 3.82. The van der Waals surface area contributed by atoms with E-state index in [4.69, 9.17) is 21.1 Å². The number of hydrogen-bond donors (Lipinski definition) is 1. The number of imidazole rings is 1. The molecule has 0 bridgehead atoms. The Morgan fingerprint density at radius 3 is 2.66 bits per heavy atom. The zero-order chi connectivity index (χ0) is 20.5. The summed E-state index contributed by atoms with van der Waals surface area (Å²) < 4.78 is 26.5. The molecule has 0 aliphatic carbocycles. The largest absolute Gasteiger partial charge is 0.493 e. The Bertz CT molecular complexity index is 1050. The Kier molecular flexibility index (Phi) is 5.37. The van der Waals surface area contributed by atoms with Gasteiger partial charge in [0.2, 0.25) is 5.95 Å². The third kappa shape index (κ3) is 3.65. The van der Waals surface area contributed by atoms with Crippen molar-refractivity contribution in [1.29, 1.82) is 0 Å². The first kappa shape index (κ1) is 19.6. The highest BCUT2D eigenvalue weighted by Gasteiger charge is 2.22. The predicted molar refractivity (Wildman–Crippen MR) is 113 cm³/mol. The summed E-state index contributed by atoms with van der Waals surface area (Å²) in [6.45, 7) is 2.82. The van der Waals surface area contributed by atoms with Crippen LogP contribution >= 0.6 is 11.6 Å². The average Bonchev–Trinajstić information content (AvgIpc) is 3.00. The van der Waals surface area contributed by atoms with Gasteiger partial charge in [-0.2, -0.15) is 0 Å². The first-order valence-electron chi connectivity index (χ1n) is 9.54. The van der Waals surface area contributed by atoms with Crippen molar-refractivity contribution in [2.24, 2.45) is 0 Å². The number of benzene rings is 2. The van der Waals surface area contributed by atoms with Crippen molar-refractivity contribution >= 4 is 17.5 Å². The maximum atomic E-state index is 13.4. The number of rotatable bonds is 5. The third-order valence-corrected chi connectivity index (χ3v) is 5.67. The fraction of sp³-hybridized carbons (Fsp3) is 0.318. The Labute approximate surface area is 174 Å². The lowest BCUT2D eigenvalue weighted by Crippen LogP contribution is -2.13. The second-order valence-corrected chi connectivity index (χ2v) is 7.53. The van der Waals surface area contributed by atoms with Crippen molar-refractivity contribution in [3.8, 4) is 22.8 Å². The number of aromatic nitrogens is 2. The van der Waals surface area contributed by atoms with Crippen LogP contribution in [0.25, 0.3) is 11.3 Å². The number of fused-ring (bicyclic) bond motifs is 3. The van der Waals surface area contributed by atoms with Gasteiger partial charge in [0, 0.05) is 17.1 Å². The minimum Gasteiger partial charge on any atom is -0.493 e. The number of nitrogens with one attached hydrogen (secondary N) is 1. The van der Waals surface area contributed by atoms with E-state index in [0.717, 1.165) is 47.9 Å². The molecular weight excluding hydrogens is 393 g/mol. The van der Waals surface area contributed by atoms with Gasteiger partial charge in [-0.15, -0.1) is 0 Å². The van der Waals surface area contributed by atoms with Crippen LogP contribution in [0.15, 0.2) is 36.5 Å². The van der Waals surface area contributed by atoms with Gasteiger partial charge in [0.25, 0.3) is 0 Å². The molecule has 0 saturated carbocycles. The zero-order valence-electron chi connectivity index (χ0n) is 16.6. The second kappa shape index (κ2) is 7.95. The standard InChI is InChI=1S/C22H23ClFN3O2/c1-13(16-7-6-15(24)10-18(16)23)26-22-25-12-19-17-11-21(29-3)20(28-2)9-14(17)5-4-8-27(19)22/h6-7,9-13H,4-5,8H2,1-3H3,(H,25,26). The summed E-state index contributed by atoms with van der Waals surface area (Å²) >= 11 is 6.23. The van der Waals surface area contributed by atoms with Crippen LogP contribution in [0.1, 0.15) is 30.5 Å². The minimum absolute atomic E-state index is 0.122. The molecule has 29 heavy (non-hydrogen) atoms. The quantitative estimate of drug-likeness (QED) is 0.599. The monoisotopic (exact) mass is 415 g/mol. The maximum absolute atomic E-state index is 13.4. The van der Waals surface area contributed by atoms with Crippen LogP contribution in [0.2, 0.25) is 5.02 Å². The molecule has 4 rings (SSSR count). The van der Waals surface area contributed by atoms with Gasteiger partial charge in [0.15, 0.2) is 11.5 Å². The van der Waals surface area contributed by atoms with Gasteiger partial charge in [0.1, 0.15) is 5.82 Å². The number of methoxy groups -OCH3 is 2. The van der Waals surface area contributed by atoms with E-state index in [1.54, 1.807) is 20.3 Å². The minimum atomic E-state index is -0.346. The van der Waals surface area contributed by atoms with Gasteiger partial charge >= 0.3 is 0 Å². The van der Waals surface area contributed by atoms with Crippen molar-refractivity contribution < 1.29 is 13.9 Å². The molecule has 1 atom stereocenters. The molecule has 0 fully saturated rings. The van der Waals surface area contributed by atoms with Crippen molar-refractivity contribution in [2.45, 2.75) is 32.4 Å². The van der Waals surface area contributed by atoms with E-state index >= 15 is 0 Å². The van der Waals surface area contributed by atoms with Gasteiger partial charge in [-0.1, -0.05) is 17.7 Å². The molecule has 0 radical (unpaired) electrons. The third-order valence-electron chi connectivity index (χ3n) is 5.34. The van der Waals surface area contributed by atoms with Gasteiger partial charge in [0.05, 0.1) is 32.2 Å². The number of anilines is 1. The molecule has 1 aliphatic rings. The van der Waals surface area contributed by atoms with E-state index in [1.165, 1.54) is 17.7 Å². The first-order valence-corrected chi connectivity index (χ1v) is 9.92. The van der Waals surface area contributed by atoms with E-state index in [-0.39, 0.29) is 11.9 Å². The molecule has 7 heteroatoms. The summed E-state index contributed by atoms with van der Waals surface area (Å²) in [5.41, 5.74) is 4.15. The predicted octanol–water partition coefficient (Wildman–Crippen LogP) is 5.48. The van der Waals surface area contributed by atoms with E-state index in [2.05, 4.69) is 14.9 Å². The number of halogens is 2. The molecule has 1 aliphatic heterocycles. The Hall–Kier alpha value is -2.73. The summed E-state index contributed by atoms with van der Waals surface area (Å²) in [6, 6.07) is 8.39. The Morgan fingerprint density at radius 2 is 1.93 bits per heavy atom. The SMILES string of the molecule is COc1cc2c(cc1OC)-c1cnc(NC(C)c3ccc(F)cc3Cl)n1CCC2. The van der Waals surface area contributed by atoms with Gasteiger partial charge in [-0.3, -0.25) is 0 Å². The van der Waals surface area contributed by atoms with Gasteiger partial charge in [-0.25, -0.2) is 9.37 Å². The van der Waals surface area contributed by atoms with Crippen LogP contribution in [-0.2, 0) is 13.0 Å². The molecule has 0 saturated heterocycles. The Morgan fingerprint density at radius 1 is 1.17 bits per heavy atom. The number of hydrogen-bond acceptors (Lipinski definition) is 4. The van der Waals surface area contributed by atoms with Crippen LogP contribution in [0.3, 0.4) is 0 Å². The maximum Gasteiger partial charge on any atom is 0.203 e. The lowest BCUT2D eigenvalue weighted by molar-refractivity contribution is 0.354. The van der Waals surface area contributed by atoms with Crippen molar-refractivity contribution in [2.75, 3.05) is 19.5 Å². The molecule has 0 spiro atoms. The van der Waals surface area contributed by atoms with Crippen molar-refractivity contribution in [1.82, 2.24) is 9.55 Å². The van der Waals surface area contributed by atoms with Crippen molar-refractivity contribution in [3.05, 3.63) is 58.5 Å². The number of nitrogens with zero attached hydrogens (tertiary/aromatic N) is 2. The topological polar surface area (TPSA) is 48.3 Å². The fourth-order valence-corrected chi connectivity index (χ4v) is 4.18. The van der Waals surface area contributed by atoms with Crippen LogP contribution in [0.4, 0.5) is 10.3 Å². The smallest absolute Gasteiger partial charge is 0.203 e. The van der Waals surface area contributed by atoms with Crippen LogP contribution < -0.4 is 14.8 Å². The summed E-state index contributed by atoms with van der Waals surface area (Å²) in [6.07, 6.45) is 3.79. The lowest BCUT2D eigenvalue weighted by Gasteiger charge is -2.18. The second-order valence-electron chi connectivity index (χ2n) is 7.12. The zero-order valence-corrected chi connectivity index (χ0v) is 17.4. The van der Waals surface area contributed by atoms with Gasteiger partial charge in [-0.05, 0) is 55.2 Å². The van der Waals surface area contributed by atoms with E-state index in [1.807, 2.05) is 25.3 Å². The van der Waals surface area contributed by atoms with E-state index < -0.39 is 0 Å². The highest BCUT2D eigenvalue weighted by Crippen LogP contribution is 2.39. The van der Waals surface area contributed by atoms with Crippen LogP contribution in [-0.4, -0.2) is 23.8 Å². The first-order chi connectivity index (χ1) is 14.0. The molecule has 3 aromatic rings. The summed E-state index contributed by atoms with van der Waals surface area (Å²) in [4.78, 5) is 4.61. The molecule has 1 N–H and O–H groups in total. The average molecular weight is 416 g/mol. The Balaban J connectivity index is 1.70. The molecule has 152 valence electrons. The highest BCUT2D eigenvalue weighted by molar-refractivity contribution is 6.31. The molecule has 1 unspecified atom stereocenters. The number of ether oxygens (including phenoxy) is 2. The lowest BCUT2D eigenvalue weighted by atomic mass is 10.0. The molecule has 0 amide bonds. The molecule has 2 heterocycles. The summed E-state index contributed by atoms with van der Waals surface area (Å²) in [5.74, 6) is 1.84. The molecular formula is C22H23ClFN3O2. The molecule has 2 aromatic carbocycles. The molecule has 1 aromatic heterocycles. The molecule has 5 nitrogen and oxygen atoms in total. The van der Waals surface area contributed by atoms with E-state index in [9.17, 15) is 4.39 Å². The van der Waals surface area contributed by atoms with E-state index in [0.29, 0.717) is 10.8 Å². The highest BCUT2D eigenvalue weighted by atomic mass is 35.5. The van der Waals surface area contributed by atoms with Crippen LogP contribution in [0.5, 0.6) is 11.5 Å². The normalized spacial score (nSPS) is 13.8. The van der Waals surface area contributed by atoms with Crippen LogP contribution in [0, 0.1) is 5.82 Å². The fourth-order valence-electron chi connectivity index (χ4n) is 3.85. The van der Waals surface area contributed by atoms with Crippen molar-refractivity contribution in [3.63, 3.8) is 0 Å².